The molecule has 0 saturated carbocycles. The van der Waals surface area contributed by atoms with Crippen LogP contribution in [-0.2, 0) is 12.7 Å². The number of benzene rings is 3. The Morgan fingerprint density at radius 3 is 2.22 bits per heavy atom. The average molecular weight is 499 g/mol. The quantitative estimate of drug-likeness (QED) is 0.185. The van der Waals surface area contributed by atoms with Gasteiger partial charge in [-0.1, -0.05) is 12.1 Å². The van der Waals surface area contributed by atoms with Crippen LogP contribution in [-0.4, -0.2) is 15.4 Å². The zero-order valence-corrected chi connectivity index (χ0v) is 18.3. The van der Waals surface area contributed by atoms with Crippen molar-refractivity contribution in [1.82, 2.24) is 9.88 Å². The minimum Gasteiger partial charge on any atom is -0.457 e. The van der Waals surface area contributed by atoms with E-state index in [-0.39, 0.29) is 18.1 Å². The van der Waals surface area contributed by atoms with Crippen LogP contribution in [0.3, 0.4) is 0 Å². The van der Waals surface area contributed by atoms with Gasteiger partial charge in [-0.2, -0.15) is 13.2 Å². The summed E-state index contributed by atoms with van der Waals surface area (Å²) in [5.74, 6) is -0.0907. The number of carbonyl (C=O) groups is 1. The topological polar surface area (TPSA) is 86.4 Å². The second-order valence-electron chi connectivity index (χ2n) is 7.60. The maximum atomic E-state index is 13.6. The highest BCUT2D eigenvalue weighted by atomic mass is 19.4. The molecule has 0 spiro atoms. The molecule has 0 unspecified atom stereocenters. The van der Waals surface area contributed by atoms with Gasteiger partial charge < -0.3 is 14.6 Å². The highest BCUT2D eigenvalue weighted by Gasteiger charge is 2.36. The predicted molar refractivity (Wildman–Crippen MR) is 122 cm³/mol. The van der Waals surface area contributed by atoms with E-state index in [0.29, 0.717) is 23.1 Å². The molecule has 0 bridgehead atoms. The van der Waals surface area contributed by atoms with Gasteiger partial charge in [0, 0.05) is 24.9 Å². The summed E-state index contributed by atoms with van der Waals surface area (Å²) in [4.78, 5) is 22.8. The lowest BCUT2D eigenvalue weighted by Gasteiger charge is -2.16. The molecule has 3 aromatic carbocycles. The lowest BCUT2D eigenvalue weighted by Crippen LogP contribution is -2.25. The van der Waals surface area contributed by atoms with Crippen LogP contribution < -0.4 is 10.1 Å². The number of nitrogens with zero attached hydrogens (tertiary/aromatic N) is 2. The summed E-state index contributed by atoms with van der Waals surface area (Å²) < 4.78 is 60.5. The van der Waals surface area contributed by atoms with E-state index in [2.05, 4.69) is 5.32 Å². The molecule has 1 heterocycles. The van der Waals surface area contributed by atoms with E-state index >= 15 is 0 Å². The number of alkyl halides is 3. The Morgan fingerprint density at radius 2 is 1.61 bits per heavy atom. The summed E-state index contributed by atoms with van der Waals surface area (Å²) in [5, 5.41) is 13.6. The highest BCUT2D eigenvalue weighted by molar-refractivity contribution is 5.93. The fourth-order valence-corrected chi connectivity index (χ4v) is 3.44. The molecule has 4 aromatic rings. The van der Waals surface area contributed by atoms with E-state index < -0.39 is 33.9 Å². The van der Waals surface area contributed by atoms with Crippen molar-refractivity contribution < 1.29 is 32.0 Å². The van der Waals surface area contributed by atoms with Crippen LogP contribution >= 0.6 is 0 Å². The van der Waals surface area contributed by atoms with E-state index in [0.717, 1.165) is 16.7 Å². The molecule has 36 heavy (non-hydrogen) atoms. The van der Waals surface area contributed by atoms with Gasteiger partial charge in [-0.15, -0.1) is 0 Å². The number of amides is 1. The minimum atomic E-state index is -4.88. The summed E-state index contributed by atoms with van der Waals surface area (Å²) in [6, 6.07) is 17.3. The van der Waals surface area contributed by atoms with Crippen molar-refractivity contribution in [3.8, 4) is 17.2 Å². The zero-order valence-electron chi connectivity index (χ0n) is 18.3. The number of nitro benzene ring substituents is 1. The smallest absolute Gasteiger partial charge is 0.418 e. The number of halogens is 4. The maximum Gasteiger partial charge on any atom is 0.418 e. The summed E-state index contributed by atoms with van der Waals surface area (Å²) >= 11 is 0. The Labute approximate surface area is 201 Å². The van der Waals surface area contributed by atoms with Gasteiger partial charge in [0.15, 0.2) is 0 Å². The van der Waals surface area contributed by atoms with Crippen LogP contribution in [0.2, 0.25) is 0 Å². The zero-order chi connectivity index (χ0) is 25.9. The van der Waals surface area contributed by atoms with Crippen molar-refractivity contribution in [2.45, 2.75) is 12.7 Å². The molecule has 11 heteroatoms. The third-order valence-electron chi connectivity index (χ3n) is 5.16. The molecule has 4 rings (SSSR count). The fourth-order valence-electron chi connectivity index (χ4n) is 3.44. The minimum absolute atomic E-state index is 0.0766. The van der Waals surface area contributed by atoms with E-state index in [1.807, 2.05) is 0 Å². The maximum absolute atomic E-state index is 13.6. The third-order valence-corrected chi connectivity index (χ3v) is 5.16. The van der Waals surface area contributed by atoms with Gasteiger partial charge in [-0.3, -0.25) is 14.9 Å². The summed E-state index contributed by atoms with van der Waals surface area (Å²) in [6.45, 7) is 0.0766. The van der Waals surface area contributed by atoms with Crippen LogP contribution in [0.4, 0.5) is 23.2 Å². The second kappa shape index (κ2) is 9.90. The van der Waals surface area contributed by atoms with Crippen molar-refractivity contribution in [2.75, 3.05) is 0 Å². The standard InChI is InChI=1S/C25H17F4N3O4/c26-17-5-10-20(11-6-17)36-19-8-3-16(4-9-19)15-30-24(33)23-2-1-13-31(23)22-12-7-18(32(34)35)14-21(22)25(27,28)29/h1-14H,15H2,(H,30,33). The number of hydrogen-bond donors (Lipinski definition) is 1. The Kier molecular flexibility index (Phi) is 6.73. The molecule has 0 aliphatic carbocycles. The molecule has 1 amide bonds. The molecule has 0 aliphatic heterocycles. The Bertz CT molecular complexity index is 1400. The van der Waals surface area contributed by atoms with Gasteiger partial charge in [-0.25, -0.2) is 4.39 Å². The van der Waals surface area contributed by atoms with Crippen molar-refractivity contribution in [3.63, 3.8) is 0 Å². The first kappa shape index (κ1) is 24.5. The molecule has 0 aliphatic rings. The molecular formula is C25H17F4N3O4. The van der Waals surface area contributed by atoms with Gasteiger partial charge in [0.2, 0.25) is 0 Å². The number of hydrogen-bond acceptors (Lipinski definition) is 4. The number of carbonyl (C=O) groups excluding carboxylic acids is 1. The van der Waals surface area contributed by atoms with Gasteiger partial charge in [0.05, 0.1) is 16.2 Å². The normalized spacial score (nSPS) is 11.2. The first-order valence-corrected chi connectivity index (χ1v) is 10.5. The van der Waals surface area contributed by atoms with Crippen LogP contribution in [0.15, 0.2) is 85.1 Å². The second-order valence-corrected chi connectivity index (χ2v) is 7.60. The number of nitrogens with one attached hydrogen (secondary N) is 1. The van der Waals surface area contributed by atoms with Crippen molar-refractivity contribution >= 4 is 11.6 Å². The molecule has 0 radical (unpaired) electrons. The van der Waals surface area contributed by atoms with E-state index in [9.17, 15) is 32.5 Å². The van der Waals surface area contributed by atoms with E-state index in [1.54, 1.807) is 24.3 Å². The predicted octanol–water partition coefficient (Wildman–Crippen LogP) is 6.27. The molecule has 7 nitrogen and oxygen atoms in total. The van der Waals surface area contributed by atoms with Crippen LogP contribution in [0, 0.1) is 15.9 Å². The average Bonchev–Trinajstić information content (AvgIpc) is 3.34. The third kappa shape index (κ3) is 5.52. The van der Waals surface area contributed by atoms with Gasteiger partial charge in [-0.05, 0) is 60.2 Å². The molecule has 1 N–H and O–H groups in total. The molecular weight excluding hydrogens is 482 g/mol. The summed E-state index contributed by atoms with van der Waals surface area (Å²) in [5.41, 5.74) is -1.75. The van der Waals surface area contributed by atoms with E-state index in [1.165, 1.54) is 42.6 Å². The first-order valence-electron chi connectivity index (χ1n) is 10.5. The molecule has 0 fully saturated rings. The van der Waals surface area contributed by atoms with Crippen molar-refractivity contribution in [2.24, 2.45) is 0 Å². The van der Waals surface area contributed by atoms with Crippen molar-refractivity contribution in [1.29, 1.82) is 0 Å². The van der Waals surface area contributed by atoms with Crippen LogP contribution in [0.5, 0.6) is 11.5 Å². The fraction of sp³-hybridized carbons (Fsp3) is 0.0800. The molecule has 0 saturated heterocycles. The molecule has 1 aromatic heterocycles. The SMILES string of the molecule is O=C(NCc1ccc(Oc2ccc(F)cc2)cc1)c1cccn1-c1ccc([N+](=O)[O-])cc1C(F)(F)F. The van der Waals surface area contributed by atoms with Crippen LogP contribution in [0.25, 0.3) is 5.69 Å². The van der Waals surface area contributed by atoms with Gasteiger partial charge in [0.1, 0.15) is 23.0 Å². The van der Waals surface area contributed by atoms with Gasteiger partial charge >= 0.3 is 6.18 Å². The monoisotopic (exact) mass is 499 g/mol. The largest absolute Gasteiger partial charge is 0.457 e. The first-order chi connectivity index (χ1) is 17.1. The number of rotatable bonds is 7. The van der Waals surface area contributed by atoms with Crippen LogP contribution in [0.1, 0.15) is 21.6 Å². The Balaban J connectivity index is 1.48. The summed E-state index contributed by atoms with van der Waals surface area (Å²) in [7, 11) is 0. The molecule has 184 valence electrons. The van der Waals surface area contributed by atoms with Gasteiger partial charge in [0.25, 0.3) is 11.6 Å². The van der Waals surface area contributed by atoms with E-state index in [4.69, 9.17) is 4.74 Å². The lowest BCUT2D eigenvalue weighted by molar-refractivity contribution is -0.385. The Morgan fingerprint density at radius 1 is 0.972 bits per heavy atom. The number of nitro groups is 1. The highest BCUT2D eigenvalue weighted by Crippen LogP contribution is 2.36. The van der Waals surface area contributed by atoms with Crippen molar-refractivity contribution in [3.05, 3.63) is 118 Å². The lowest BCUT2D eigenvalue weighted by atomic mass is 10.1. The number of aromatic nitrogens is 1. The molecule has 0 atom stereocenters. The number of non-ortho nitro benzene ring substituents is 1. The summed E-state index contributed by atoms with van der Waals surface area (Å²) in [6.07, 6.45) is -3.61. The number of ether oxygens (including phenoxy) is 1. The Hall–Kier alpha value is -4.67.